The van der Waals surface area contributed by atoms with E-state index in [2.05, 4.69) is 15.9 Å². The molecule has 7 nitrogen and oxygen atoms in total. The first-order chi connectivity index (χ1) is 13.6. The number of likely N-dealkylation sites (N-methyl/N-ethyl adjacent to an activating group) is 1. The molecule has 0 heterocycles. The summed E-state index contributed by atoms with van der Waals surface area (Å²) in [7, 11) is 1.09. The number of carbonyl (C=O) groups is 1. The van der Waals surface area contributed by atoms with E-state index in [-0.39, 0.29) is 12.5 Å². The molecule has 0 bridgehead atoms. The van der Waals surface area contributed by atoms with Crippen molar-refractivity contribution in [1.29, 1.82) is 0 Å². The van der Waals surface area contributed by atoms with Gasteiger partial charge in [-0.1, -0.05) is 22.0 Å². The van der Waals surface area contributed by atoms with Crippen molar-refractivity contribution in [1.82, 2.24) is 4.90 Å². The highest BCUT2D eigenvalue weighted by atomic mass is 79.9. The van der Waals surface area contributed by atoms with Gasteiger partial charge in [-0.25, -0.2) is 8.42 Å². The van der Waals surface area contributed by atoms with Gasteiger partial charge in [0.05, 0.1) is 26.2 Å². The molecule has 0 N–H and O–H groups in total. The van der Waals surface area contributed by atoms with Crippen LogP contribution in [0.3, 0.4) is 0 Å². The molecule has 0 radical (unpaired) electrons. The van der Waals surface area contributed by atoms with E-state index >= 15 is 0 Å². The molecule has 0 saturated carbocycles. The maximum absolute atomic E-state index is 12.8. The van der Waals surface area contributed by atoms with E-state index < -0.39 is 10.0 Å². The molecule has 0 unspecified atom stereocenters. The molecule has 2 aromatic rings. The number of halogens is 1. The predicted molar refractivity (Wildman–Crippen MR) is 117 cm³/mol. The maximum Gasteiger partial charge on any atom is 0.243 e. The van der Waals surface area contributed by atoms with Crippen LogP contribution < -0.4 is 13.8 Å². The van der Waals surface area contributed by atoms with Gasteiger partial charge in [0, 0.05) is 18.1 Å². The van der Waals surface area contributed by atoms with Crippen molar-refractivity contribution in [2.75, 3.05) is 38.4 Å². The van der Waals surface area contributed by atoms with E-state index in [1.807, 2.05) is 13.0 Å². The minimum Gasteiger partial charge on any atom is -0.493 e. The van der Waals surface area contributed by atoms with Crippen molar-refractivity contribution in [2.24, 2.45) is 0 Å². The smallest absolute Gasteiger partial charge is 0.243 e. The fraction of sp³-hybridized carbons (Fsp3) is 0.350. The van der Waals surface area contributed by atoms with Crippen LogP contribution in [0, 0.1) is 6.92 Å². The van der Waals surface area contributed by atoms with Crippen molar-refractivity contribution in [3.05, 3.63) is 52.0 Å². The van der Waals surface area contributed by atoms with Crippen molar-refractivity contribution >= 4 is 37.5 Å². The van der Waals surface area contributed by atoms with Gasteiger partial charge in [0.1, 0.15) is 6.54 Å². The predicted octanol–water partition coefficient (Wildman–Crippen LogP) is 3.20. The molecule has 0 saturated heterocycles. The van der Waals surface area contributed by atoms with Gasteiger partial charge in [0.2, 0.25) is 15.9 Å². The first kappa shape index (κ1) is 23.0. The molecule has 1 amide bonds. The Bertz CT molecular complexity index is 994. The molecule has 0 aliphatic rings. The Balaban J connectivity index is 2.20. The Labute approximate surface area is 180 Å². The van der Waals surface area contributed by atoms with Crippen LogP contribution in [0.4, 0.5) is 5.69 Å². The molecule has 9 heteroatoms. The van der Waals surface area contributed by atoms with Gasteiger partial charge < -0.3 is 14.4 Å². The number of rotatable bonds is 8. The number of nitrogens with zero attached hydrogens (tertiary/aromatic N) is 2. The van der Waals surface area contributed by atoms with Crippen LogP contribution in [0.1, 0.15) is 11.1 Å². The Morgan fingerprint density at radius 2 is 1.72 bits per heavy atom. The summed E-state index contributed by atoms with van der Waals surface area (Å²) in [5.41, 5.74) is 2.16. The van der Waals surface area contributed by atoms with E-state index in [1.54, 1.807) is 51.6 Å². The molecule has 0 aliphatic heterocycles. The Hall–Kier alpha value is -2.26. The summed E-state index contributed by atoms with van der Waals surface area (Å²) in [6.07, 6.45) is 1.09. The minimum atomic E-state index is -3.63. The molecule has 2 aromatic carbocycles. The average molecular weight is 485 g/mol. The van der Waals surface area contributed by atoms with E-state index in [0.29, 0.717) is 23.7 Å². The standard InChI is InChI=1S/C20H25BrN2O5S/c1-14-10-16(7-8-17(14)21)23(29(5,25)26)13-20(24)22(2)12-15-6-9-18(27-3)19(11-15)28-4/h6-11H,12-13H2,1-5H3. The molecular formula is C20H25BrN2O5S. The Kier molecular flexibility index (Phi) is 7.54. The van der Waals surface area contributed by atoms with Crippen molar-refractivity contribution in [2.45, 2.75) is 13.5 Å². The van der Waals surface area contributed by atoms with Gasteiger partial charge in [0.15, 0.2) is 11.5 Å². The topological polar surface area (TPSA) is 76.2 Å². The lowest BCUT2D eigenvalue weighted by Crippen LogP contribution is -2.41. The van der Waals surface area contributed by atoms with E-state index in [9.17, 15) is 13.2 Å². The highest BCUT2D eigenvalue weighted by Crippen LogP contribution is 2.28. The lowest BCUT2D eigenvalue weighted by molar-refractivity contribution is -0.128. The van der Waals surface area contributed by atoms with Crippen LogP contribution >= 0.6 is 15.9 Å². The SMILES string of the molecule is COc1ccc(CN(C)C(=O)CN(c2ccc(Br)c(C)c2)S(C)(=O)=O)cc1OC. The summed E-state index contributed by atoms with van der Waals surface area (Å²) in [4.78, 5) is 14.2. The van der Waals surface area contributed by atoms with Gasteiger partial charge in [-0.3, -0.25) is 9.10 Å². The van der Waals surface area contributed by atoms with Crippen LogP contribution in [-0.2, 0) is 21.4 Å². The van der Waals surface area contributed by atoms with Gasteiger partial charge in [-0.2, -0.15) is 0 Å². The molecular weight excluding hydrogens is 460 g/mol. The summed E-state index contributed by atoms with van der Waals surface area (Å²) >= 11 is 3.40. The first-order valence-corrected chi connectivity index (χ1v) is 11.4. The van der Waals surface area contributed by atoms with Gasteiger partial charge in [0.25, 0.3) is 0 Å². The molecule has 0 aliphatic carbocycles. The van der Waals surface area contributed by atoms with Crippen LogP contribution in [0.25, 0.3) is 0 Å². The molecule has 2 rings (SSSR count). The highest BCUT2D eigenvalue weighted by Gasteiger charge is 2.23. The number of hydrogen-bond acceptors (Lipinski definition) is 5. The summed E-state index contributed by atoms with van der Waals surface area (Å²) in [6.45, 7) is 1.87. The number of ether oxygens (including phenoxy) is 2. The fourth-order valence-electron chi connectivity index (χ4n) is 2.77. The zero-order valence-electron chi connectivity index (χ0n) is 17.1. The van der Waals surface area contributed by atoms with Crippen molar-refractivity contribution in [3.63, 3.8) is 0 Å². The Morgan fingerprint density at radius 1 is 1.07 bits per heavy atom. The number of benzene rings is 2. The molecule has 0 fully saturated rings. The molecule has 0 atom stereocenters. The van der Waals surface area contributed by atoms with E-state index in [1.165, 1.54) is 4.90 Å². The van der Waals surface area contributed by atoms with Crippen molar-refractivity contribution < 1.29 is 22.7 Å². The first-order valence-electron chi connectivity index (χ1n) is 8.75. The zero-order chi connectivity index (χ0) is 21.8. The lowest BCUT2D eigenvalue weighted by atomic mass is 10.2. The second-order valence-electron chi connectivity index (χ2n) is 6.64. The maximum atomic E-state index is 12.8. The van der Waals surface area contributed by atoms with E-state index in [0.717, 1.165) is 26.2 Å². The summed E-state index contributed by atoms with van der Waals surface area (Å²) in [5, 5.41) is 0. The van der Waals surface area contributed by atoms with Gasteiger partial charge >= 0.3 is 0 Å². The Morgan fingerprint density at radius 3 is 2.28 bits per heavy atom. The third-order valence-corrected chi connectivity index (χ3v) is 6.43. The summed E-state index contributed by atoms with van der Waals surface area (Å²) < 4.78 is 37.1. The molecule has 0 spiro atoms. The zero-order valence-corrected chi connectivity index (χ0v) is 19.5. The van der Waals surface area contributed by atoms with Crippen LogP contribution in [-0.4, -0.2) is 53.3 Å². The molecule has 158 valence electrons. The minimum absolute atomic E-state index is 0.288. The lowest BCUT2D eigenvalue weighted by Gasteiger charge is -2.26. The second-order valence-corrected chi connectivity index (χ2v) is 9.40. The number of amides is 1. The number of sulfonamides is 1. The number of aryl methyl sites for hydroxylation is 1. The number of hydrogen-bond donors (Lipinski definition) is 0. The number of methoxy groups -OCH3 is 2. The van der Waals surface area contributed by atoms with E-state index in [4.69, 9.17) is 9.47 Å². The van der Waals surface area contributed by atoms with Crippen molar-refractivity contribution in [3.8, 4) is 11.5 Å². The normalized spacial score (nSPS) is 11.1. The van der Waals surface area contributed by atoms with Crippen LogP contribution in [0.2, 0.25) is 0 Å². The van der Waals surface area contributed by atoms with Gasteiger partial charge in [-0.15, -0.1) is 0 Å². The summed E-state index contributed by atoms with van der Waals surface area (Å²) in [5.74, 6) is 0.832. The number of anilines is 1. The largest absolute Gasteiger partial charge is 0.493 e. The molecule has 0 aromatic heterocycles. The van der Waals surface area contributed by atoms with Gasteiger partial charge in [-0.05, 0) is 48.4 Å². The average Bonchev–Trinajstić information content (AvgIpc) is 2.67. The van der Waals surface area contributed by atoms with Crippen LogP contribution in [0.15, 0.2) is 40.9 Å². The third kappa shape index (κ3) is 5.86. The third-order valence-electron chi connectivity index (χ3n) is 4.40. The highest BCUT2D eigenvalue weighted by molar-refractivity contribution is 9.10. The number of carbonyl (C=O) groups excluding carboxylic acids is 1. The fourth-order valence-corrected chi connectivity index (χ4v) is 3.86. The monoisotopic (exact) mass is 484 g/mol. The quantitative estimate of drug-likeness (QED) is 0.574. The molecule has 29 heavy (non-hydrogen) atoms. The van der Waals surface area contributed by atoms with Crippen LogP contribution in [0.5, 0.6) is 11.5 Å². The summed E-state index contributed by atoms with van der Waals surface area (Å²) in [6, 6.07) is 10.5. The second kappa shape index (κ2) is 9.49.